The van der Waals surface area contributed by atoms with Crippen LogP contribution >= 0.6 is 11.6 Å². The maximum atomic E-state index is 13.0. The van der Waals surface area contributed by atoms with Crippen LogP contribution in [0.25, 0.3) is 0 Å². The van der Waals surface area contributed by atoms with Crippen LogP contribution in [-0.2, 0) is 16.6 Å². The van der Waals surface area contributed by atoms with E-state index < -0.39 is 22.1 Å². The summed E-state index contributed by atoms with van der Waals surface area (Å²) in [4.78, 5) is 18.7. The second-order valence-electron chi connectivity index (χ2n) is 9.66. The molecular weight excluding hydrogens is 533 g/mol. The molecular formula is C23H30ClF3N6O3S. The van der Waals surface area contributed by atoms with Crippen LogP contribution in [0.3, 0.4) is 0 Å². The zero-order chi connectivity index (χ0) is 27.0. The third kappa shape index (κ3) is 6.88. The fraction of sp³-hybridized carbons (Fsp3) is 0.565. The van der Waals surface area contributed by atoms with Gasteiger partial charge in [0.1, 0.15) is 0 Å². The number of alkyl halides is 3. The molecule has 2 aliphatic heterocycles. The van der Waals surface area contributed by atoms with Crippen molar-refractivity contribution in [3.05, 3.63) is 41.0 Å². The normalized spacial score (nSPS) is 20.3. The van der Waals surface area contributed by atoms with Crippen LogP contribution in [0.5, 0.6) is 0 Å². The van der Waals surface area contributed by atoms with Gasteiger partial charge in [-0.2, -0.15) is 17.9 Å². The summed E-state index contributed by atoms with van der Waals surface area (Å²) >= 11 is 6.41. The monoisotopic (exact) mass is 562 g/mol. The summed E-state index contributed by atoms with van der Waals surface area (Å²) in [5.74, 6) is -1.20. The van der Waals surface area contributed by atoms with Gasteiger partial charge in [-0.3, -0.25) is 9.62 Å². The van der Waals surface area contributed by atoms with Gasteiger partial charge in [0.2, 0.25) is 10.0 Å². The number of halogens is 4. The van der Waals surface area contributed by atoms with Crippen molar-refractivity contribution >= 4 is 39.2 Å². The Morgan fingerprint density at radius 2 is 1.86 bits per heavy atom. The first-order valence-electron chi connectivity index (χ1n) is 12.0. The van der Waals surface area contributed by atoms with Crippen molar-refractivity contribution in [1.29, 1.82) is 0 Å². The minimum absolute atomic E-state index is 0.0311. The van der Waals surface area contributed by atoms with Gasteiger partial charge in [0, 0.05) is 57.6 Å². The molecule has 2 saturated heterocycles. The van der Waals surface area contributed by atoms with Crippen LogP contribution in [0, 0.1) is 5.92 Å². The summed E-state index contributed by atoms with van der Waals surface area (Å²) in [6, 6.07) is 6.75. The molecule has 0 spiro atoms. The Bertz CT molecular complexity index is 1230. The fourth-order valence-electron chi connectivity index (χ4n) is 4.80. The average molecular weight is 563 g/mol. The zero-order valence-corrected chi connectivity index (χ0v) is 22.2. The number of piperazine rings is 1. The van der Waals surface area contributed by atoms with E-state index in [1.54, 1.807) is 11.0 Å². The van der Waals surface area contributed by atoms with Gasteiger partial charge in [0.05, 0.1) is 22.9 Å². The first kappa shape index (κ1) is 27.5. The Kier molecular flexibility index (Phi) is 7.96. The lowest BCUT2D eigenvalue weighted by atomic mass is 9.95. The number of nitrogens with one attached hydrogen (secondary N) is 1. The number of nitrogens with zero attached hydrogens (tertiary/aromatic N) is 5. The van der Waals surface area contributed by atoms with Crippen LogP contribution < -0.4 is 9.62 Å². The molecule has 0 radical (unpaired) electrons. The number of hydrogen-bond donors (Lipinski definition) is 1. The van der Waals surface area contributed by atoms with Gasteiger partial charge in [0.15, 0.2) is 5.82 Å². The van der Waals surface area contributed by atoms with E-state index in [1.165, 1.54) is 12.3 Å². The second kappa shape index (κ2) is 10.7. The summed E-state index contributed by atoms with van der Waals surface area (Å²) in [5.41, 5.74) is 1.74. The molecule has 14 heteroatoms. The summed E-state index contributed by atoms with van der Waals surface area (Å²) in [6.07, 6.45) is -1.63. The Morgan fingerprint density at radius 3 is 2.49 bits per heavy atom. The number of rotatable bonds is 5. The highest BCUT2D eigenvalue weighted by atomic mass is 35.5. The van der Waals surface area contributed by atoms with Crippen molar-refractivity contribution in [2.45, 2.75) is 38.5 Å². The lowest BCUT2D eigenvalue weighted by Crippen LogP contribution is -2.54. The van der Waals surface area contributed by atoms with Gasteiger partial charge >= 0.3 is 12.2 Å². The average Bonchev–Trinajstić information content (AvgIpc) is 3.27. The van der Waals surface area contributed by atoms with Crippen LogP contribution in [0.4, 0.5) is 29.5 Å². The number of piperidine rings is 1. The highest BCUT2D eigenvalue weighted by Crippen LogP contribution is 2.37. The maximum Gasteiger partial charge on any atom is 0.391 e. The molecule has 9 nitrogen and oxygen atoms in total. The Balaban J connectivity index is 1.35. The molecule has 3 heterocycles. The highest BCUT2D eigenvalue weighted by Gasteiger charge is 2.41. The minimum Gasteiger partial charge on any atom is -0.370 e. The summed E-state index contributed by atoms with van der Waals surface area (Å²) < 4.78 is 65.2. The molecule has 1 aromatic heterocycles. The standard InChI is InChI=1S/C23H30ClF3N6O3S/c1-16-14-32(22(34)33-10-7-21(28-33)29-37(2,35)36)12-11-31(16)15-17-3-4-19(24)20(13-17)30-8-5-18(6-9-30)23(25,26)27/h3-4,7,10,13,16,18H,5-6,8-9,11-12,14-15H2,1-2H3,(H,28,29)/t16-/m1/s1. The van der Waals surface area contributed by atoms with Crippen molar-refractivity contribution < 1.29 is 26.4 Å². The Morgan fingerprint density at radius 1 is 1.16 bits per heavy atom. The topological polar surface area (TPSA) is 90.8 Å². The molecule has 1 amide bonds. The second-order valence-corrected chi connectivity index (χ2v) is 11.8. The number of hydrogen-bond acceptors (Lipinski definition) is 6. The van der Waals surface area contributed by atoms with Crippen molar-refractivity contribution in [3.8, 4) is 0 Å². The molecule has 0 unspecified atom stereocenters. The third-order valence-corrected chi connectivity index (χ3v) is 7.70. The zero-order valence-electron chi connectivity index (χ0n) is 20.6. The van der Waals surface area contributed by atoms with Gasteiger partial charge in [-0.1, -0.05) is 17.7 Å². The largest absolute Gasteiger partial charge is 0.391 e. The predicted octanol–water partition coefficient (Wildman–Crippen LogP) is 3.86. The number of carbonyl (C=O) groups excluding carboxylic acids is 1. The summed E-state index contributed by atoms with van der Waals surface area (Å²) in [6.45, 7) is 4.76. The number of carbonyl (C=O) groups is 1. The molecule has 1 aromatic carbocycles. The van der Waals surface area contributed by atoms with Gasteiger partial charge in [0.25, 0.3) is 0 Å². The van der Waals surface area contributed by atoms with Gasteiger partial charge < -0.3 is 9.80 Å². The van der Waals surface area contributed by atoms with E-state index in [1.807, 2.05) is 24.0 Å². The molecule has 1 atom stereocenters. The van der Waals surface area contributed by atoms with Crippen molar-refractivity contribution in [2.75, 3.05) is 48.6 Å². The molecule has 1 N–H and O–H groups in total. The maximum absolute atomic E-state index is 13.0. The van der Waals surface area contributed by atoms with Gasteiger partial charge in [-0.05, 0) is 37.5 Å². The fourth-order valence-corrected chi connectivity index (χ4v) is 5.53. The first-order valence-corrected chi connectivity index (χ1v) is 14.2. The summed E-state index contributed by atoms with van der Waals surface area (Å²) in [7, 11) is -3.50. The predicted molar refractivity (Wildman–Crippen MR) is 135 cm³/mol. The number of anilines is 2. The van der Waals surface area contributed by atoms with E-state index in [0.717, 1.165) is 22.2 Å². The molecule has 0 saturated carbocycles. The highest BCUT2D eigenvalue weighted by molar-refractivity contribution is 7.92. The van der Waals surface area contributed by atoms with E-state index in [0.29, 0.717) is 44.3 Å². The SMILES string of the molecule is C[C@@H]1CN(C(=O)n2ccc(NS(C)(=O)=O)n2)CCN1Cc1ccc(Cl)c(N2CCC(C(F)(F)F)CC2)c1. The van der Waals surface area contributed by atoms with Crippen LogP contribution in [0.15, 0.2) is 30.5 Å². The van der Waals surface area contributed by atoms with E-state index >= 15 is 0 Å². The smallest absolute Gasteiger partial charge is 0.370 e. The van der Waals surface area contributed by atoms with Crippen LogP contribution in [0.2, 0.25) is 5.02 Å². The molecule has 2 aliphatic rings. The van der Waals surface area contributed by atoms with E-state index in [9.17, 15) is 26.4 Å². The van der Waals surface area contributed by atoms with Crippen LogP contribution in [-0.4, -0.2) is 85.2 Å². The third-order valence-electron chi connectivity index (χ3n) is 6.81. The number of sulfonamides is 1. The van der Waals surface area contributed by atoms with E-state index in [-0.39, 0.29) is 30.7 Å². The molecule has 2 fully saturated rings. The lowest BCUT2D eigenvalue weighted by Gasteiger charge is -2.40. The van der Waals surface area contributed by atoms with E-state index in [4.69, 9.17) is 11.6 Å². The minimum atomic E-state index is -4.16. The number of amides is 1. The van der Waals surface area contributed by atoms with Crippen molar-refractivity contribution in [1.82, 2.24) is 19.6 Å². The van der Waals surface area contributed by atoms with Crippen molar-refractivity contribution in [3.63, 3.8) is 0 Å². The number of aromatic nitrogens is 2. The molecule has 204 valence electrons. The van der Waals surface area contributed by atoms with Gasteiger partial charge in [-0.15, -0.1) is 5.10 Å². The Hall–Kier alpha value is -2.51. The Labute approximate surface area is 219 Å². The van der Waals surface area contributed by atoms with Crippen molar-refractivity contribution in [2.24, 2.45) is 5.92 Å². The van der Waals surface area contributed by atoms with E-state index in [2.05, 4.69) is 14.7 Å². The molecule has 0 bridgehead atoms. The molecule has 2 aromatic rings. The molecule has 4 rings (SSSR count). The van der Waals surface area contributed by atoms with Crippen LogP contribution in [0.1, 0.15) is 25.3 Å². The molecule has 0 aliphatic carbocycles. The molecule has 37 heavy (non-hydrogen) atoms. The first-order chi connectivity index (χ1) is 17.3. The quantitative estimate of drug-likeness (QED) is 0.595. The number of benzene rings is 1. The lowest BCUT2D eigenvalue weighted by molar-refractivity contribution is -0.179. The van der Waals surface area contributed by atoms with Gasteiger partial charge in [-0.25, -0.2) is 13.2 Å². The summed E-state index contributed by atoms with van der Waals surface area (Å²) in [5, 5.41) is 4.52.